The highest BCUT2D eigenvalue weighted by atomic mass is 14.8. The van der Waals surface area contributed by atoms with E-state index in [9.17, 15) is 0 Å². The first-order chi connectivity index (χ1) is 6.92. The molecule has 0 aliphatic rings. The van der Waals surface area contributed by atoms with Crippen molar-refractivity contribution in [2.75, 3.05) is 0 Å². The molecule has 0 bridgehead atoms. The summed E-state index contributed by atoms with van der Waals surface area (Å²) in [5.41, 5.74) is 8.66. The first kappa shape index (κ1) is 8.84. The van der Waals surface area contributed by atoms with E-state index < -0.39 is 0 Å². The maximum atomic E-state index is 5.64. The van der Waals surface area contributed by atoms with E-state index in [1.54, 1.807) is 18.6 Å². The molecule has 0 fully saturated rings. The summed E-state index contributed by atoms with van der Waals surface area (Å²) in [6, 6.07) is 7.96. The molecule has 2 N–H and O–H groups in total. The topological polar surface area (TPSA) is 51.8 Å². The lowest BCUT2D eigenvalue weighted by Gasteiger charge is -2.05. The third-order valence-corrected chi connectivity index (χ3v) is 2.08. The van der Waals surface area contributed by atoms with Crippen molar-refractivity contribution < 1.29 is 0 Å². The molecule has 1 aromatic carbocycles. The molecular weight excluding hydrogens is 174 g/mol. The smallest absolute Gasteiger partial charge is 0.0888 e. The van der Waals surface area contributed by atoms with Crippen LogP contribution in [0.1, 0.15) is 5.56 Å². The van der Waals surface area contributed by atoms with Crippen LogP contribution in [0.4, 0.5) is 0 Å². The Morgan fingerprint density at radius 3 is 2.71 bits per heavy atom. The van der Waals surface area contributed by atoms with Crippen LogP contribution in [0.5, 0.6) is 0 Å². The second-order valence-electron chi connectivity index (χ2n) is 2.95. The maximum absolute atomic E-state index is 5.64. The van der Waals surface area contributed by atoms with Crippen LogP contribution in [0.2, 0.25) is 0 Å². The third-order valence-electron chi connectivity index (χ3n) is 2.08. The zero-order valence-corrected chi connectivity index (χ0v) is 7.72. The molecule has 0 spiro atoms. The number of hydrogen-bond acceptors (Lipinski definition) is 3. The zero-order valence-electron chi connectivity index (χ0n) is 7.72. The predicted octanol–water partition coefficient (Wildman–Crippen LogP) is 1.60. The Hall–Kier alpha value is -1.74. The highest BCUT2D eigenvalue weighted by molar-refractivity contribution is 5.62. The van der Waals surface area contributed by atoms with Crippen LogP contribution < -0.4 is 5.73 Å². The van der Waals surface area contributed by atoms with Gasteiger partial charge in [0, 0.05) is 24.5 Å². The summed E-state index contributed by atoms with van der Waals surface area (Å²) >= 11 is 0. The minimum absolute atomic E-state index is 0.521. The quantitative estimate of drug-likeness (QED) is 0.773. The Morgan fingerprint density at radius 1 is 1.14 bits per heavy atom. The average Bonchev–Trinajstić information content (AvgIpc) is 2.30. The van der Waals surface area contributed by atoms with Crippen molar-refractivity contribution >= 4 is 0 Å². The normalized spacial score (nSPS) is 10.1. The van der Waals surface area contributed by atoms with Gasteiger partial charge in [-0.25, -0.2) is 0 Å². The number of benzene rings is 1. The lowest BCUT2D eigenvalue weighted by atomic mass is 10.1. The van der Waals surface area contributed by atoms with E-state index in [1.165, 1.54) is 0 Å². The van der Waals surface area contributed by atoms with E-state index in [-0.39, 0.29) is 0 Å². The molecule has 2 aromatic rings. The molecule has 0 saturated carbocycles. The van der Waals surface area contributed by atoms with Crippen LogP contribution in [0, 0.1) is 0 Å². The van der Waals surface area contributed by atoms with Crippen molar-refractivity contribution in [2.24, 2.45) is 5.73 Å². The summed E-state index contributed by atoms with van der Waals surface area (Å²) in [4.78, 5) is 8.27. The van der Waals surface area contributed by atoms with Crippen molar-refractivity contribution in [3.05, 3.63) is 48.4 Å². The Kier molecular flexibility index (Phi) is 2.51. The second-order valence-corrected chi connectivity index (χ2v) is 2.95. The highest BCUT2D eigenvalue weighted by Crippen LogP contribution is 2.19. The van der Waals surface area contributed by atoms with Crippen LogP contribution in [0.15, 0.2) is 42.9 Å². The molecule has 1 heterocycles. The molecule has 0 unspecified atom stereocenters. The molecule has 3 heteroatoms. The van der Waals surface area contributed by atoms with Gasteiger partial charge in [0.15, 0.2) is 0 Å². The monoisotopic (exact) mass is 185 g/mol. The van der Waals surface area contributed by atoms with E-state index in [4.69, 9.17) is 5.73 Å². The molecular formula is C11H11N3. The fourth-order valence-corrected chi connectivity index (χ4v) is 1.39. The van der Waals surface area contributed by atoms with Gasteiger partial charge in [0.25, 0.3) is 0 Å². The van der Waals surface area contributed by atoms with E-state index in [0.717, 1.165) is 16.8 Å². The zero-order chi connectivity index (χ0) is 9.80. The summed E-state index contributed by atoms with van der Waals surface area (Å²) in [7, 11) is 0. The number of rotatable bonds is 2. The van der Waals surface area contributed by atoms with Gasteiger partial charge >= 0.3 is 0 Å². The summed E-state index contributed by atoms with van der Waals surface area (Å²) < 4.78 is 0. The van der Waals surface area contributed by atoms with Gasteiger partial charge in [-0.15, -0.1) is 0 Å². The minimum atomic E-state index is 0.521. The average molecular weight is 185 g/mol. The van der Waals surface area contributed by atoms with Crippen LogP contribution >= 0.6 is 0 Å². The molecule has 2 rings (SSSR count). The third kappa shape index (κ3) is 1.63. The summed E-state index contributed by atoms with van der Waals surface area (Å²) in [6.07, 6.45) is 5.09. The van der Waals surface area contributed by atoms with E-state index in [0.29, 0.717) is 6.54 Å². The Morgan fingerprint density at radius 2 is 2.00 bits per heavy atom. The van der Waals surface area contributed by atoms with Crippen LogP contribution in [0.25, 0.3) is 11.3 Å². The molecule has 3 nitrogen and oxygen atoms in total. The second kappa shape index (κ2) is 3.98. The van der Waals surface area contributed by atoms with Crippen molar-refractivity contribution in [3.8, 4) is 11.3 Å². The fraction of sp³-hybridized carbons (Fsp3) is 0.0909. The van der Waals surface area contributed by atoms with Gasteiger partial charge < -0.3 is 5.73 Å². The first-order valence-corrected chi connectivity index (χ1v) is 4.46. The van der Waals surface area contributed by atoms with E-state index >= 15 is 0 Å². The SMILES string of the molecule is NCc1ccccc1-c1cnccn1. The fourth-order valence-electron chi connectivity index (χ4n) is 1.39. The largest absolute Gasteiger partial charge is 0.326 e. The number of nitrogens with two attached hydrogens (primary N) is 1. The lowest BCUT2D eigenvalue weighted by Crippen LogP contribution is -1.99. The number of hydrogen-bond donors (Lipinski definition) is 1. The Labute approximate surface area is 82.6 Å². The number of nitrogens with zero attached hydrogens (tertiary/aromatic N) is 2. The molecule has 0 aliphatic heterocycles. The van der Waals surface area contributed by atoms with Gasteiger partial charge in [0.05, 0.1) is 11.9 Å². The van der Waals surface area contributed by atoms with Crippen LogP contribution in [-0.4, -0.2) is 9.97 Å². The predicted molar refractivity (Wildman–Crippen MR) is 55.4 cm³/mol. The van der Waals surface area contributed by atoms with Gasteiger partial charge in [-0.2, -0.15) is 0 Å². The Balaban J connectivity index is 2.51. The molecule has 70 valence electrons. The van der Waals surface area contributed by atoms with Gasteiger partial charge in [0.2, 0.25) is 0 Å². The number of aromatic nitrogens is 2. The van der Waals surface area contributed by atoms with Crippen molar-refractivity contribution in [1.29, 1.82) is 0 Å². The first-order valence-electron chi connectivity index (χ1n) is 4.46. The minimum Gasteiger partial charge on any atom is -0.326 e. The molecule has 14 heavy (non-hydrogen) atoms. The molecule has 0 saturated heterocycles. The van der Waals surface area contributed by atoms with E-state index in [1.807, 2.05) is 24.3 Å². The van der Waals surface area contributed by atoms with Gasteiger partial charge in [-0.05, 0) is 5.56 Å². The summed E-state index contributed by atoms with van der Waals surface area (Å²) in [5, 5.41) is 0. The molecule has 1 aromatic heterocycles. The Bertz CT molecular complexity index is 412. The van der Waals surface area contributed by atoms with Crippen LogP contribution in [-0.2, 0) is 6.54 Å². The van der Waals surface area contributed by atoms with Crippen LogP contribution in [0.3, 0.4) is 0 Å². The van der Waals surface area contributed by atoms with Gasteiger partial charge in [-0.1, -0.05) is 24.3 Å². The van der Waals surface area contributed by atoms with Crippen molar-refractivity contribution in [2.45, 2.75) is 6.54 Å². The highest BCUT2D eigenvalue weighted by Gasteiger charge is 2.02. The van der Waals surface area contributed by atoms with Crippen molar-refractivity contribution in [3.63, 3.8) is 0 Å². The van der Waals surface area contributed by atoms with Crippen molar-refractivity contribution in [1.82, 2.24) is 9.97 Å². The lowest BCUT2D eigenvalue weighted by molar-refractivity contribution is 1.07. The van der Waals surface area contributed by atoms with E-state index in [2.05, 4.69) is 9.97 Å². The van der Waals surface area contributed by atoms with Gasteiger partial charge in [-0.3, -0.25) is 9.97 Å². The molecule has 0 radical (unpaired) electrons. The molecule has 0 aliphatic carbocycles. The molecule has 0 atom stereocenters. The van der Waals surface area contributed by atoms with Gasteiger partial charge in [0.1, 0.15) is 0 Å². The standard InChI is InChI=1S/C11H11N3/c12-7-9-3-1-2-4-10(9)11-8-13-5-6-14-11/h1-6,8H,7,12H2. The summed E-state index contributed by atoms with van der Waals surface area (Å²) in [5.74, 6) is 0. The maximum Gasteiger partial charge on any atom is 0.0888 e. The molecule has 0 amide bonds. The summed E-state index contributed by atoms with van der Waals surface area (Å²) in [6.45, 7) is 0.521.